The highest BCUT2D eigenvalue weighted by molar-refractivity contribution is 9.11. The Morgan fingerprint density at radius 2 is 2.36 bits per heavy atom. The van der Waals surface area contributed by atoms with Crippen LogP contribution in [-0.4, -0.2) is 6.04 Å². The second kappa shape index (κ2) is 4.33. The van der Waals surface area contributed by atoms with Crippen LogP contribution < -0.4 is 5.32 Å². The minimum absolute atomic E-state index is 0.760. The van der Waals surface area contributed by atoms with Crippen LogP contribution in [0.3, 0.4) is 0 Å². The summed E-state index contributed by atoms with van der Waals surface area (Å²) in [7, 11) is 0. The van der Waals surface area contributed by atoms with Gasteiger partial charge in [0.2, 0.25) is 0 Å². The van der Waals surface area contributed by atoms with Gasteiger partial charge in [-0.3, -0.25) is 0 Å². The van der Waals surface area contributed by atoms with E-state index in [1.807, 2.05) is 11.3 Å². The monoisotopic (exact) mass is 273 g/mol. The molecule has 1 nitrogen and oxygen atoms in total. The van der Waals surface area contributed by atoms with Crippen molar-refractivity contribution >= 4 is 27.3 Å². The Hall–Kier alpha value is 0.140. The van der Waals surface area contributed by atoms with Crippen LogP contribution in [0, 0.1) is 12.8 Å². The molecule has 2 unspecified atom stereocenters. The van der Waals surface area contributed by atoms with Gasteiger partial charge in [0.15, 0.2) is 0 Å². The molecule has 1 heterocycles. The molecule has 0 bridgehead atoms. The quantitative estimate of drug-likeness (QED) is 0.886. The van der Waals surface area contributed by atoms with Gasteiger partial charge < -0.3 is 5.32 Å². The lowest BCUT2D eigenvalue weighted by molar-refractivity contribution is 0.229. The van der Waals surface area contributed by atoms with E-state index < -0.39 is 0 Å². The van der Waals surface area contributed by atoms with E-state index in [0.29, 0.717) is 0 Å². The average Bonchev–Trinajstić information content (AvgIpc) is 2.44. The molecule has 1 fully saturated rings. The zero-order valence-corrected chi connectivity index (χ0v) is 11.0. The zero-order valence-electron chi connectivity index (χ0n) is 8.64. The van der Waals surface area contributed by atoms with E-state index in [1.54, 1.807) is 0 Å². The van der Waals surface area contributed by atoms with Crippen molar-refractivity contribution in [1.82, 2.24) is 5.32 Å². The van der Waals surface area contributed by atoms with Crippen LogP contribution in [0.2, 0.25) is 0 Å². The second-order valence-corrected chi connectivity index (χ2v) is 6.67. The van der Waals surface area contributed by atoms with Crippen molar-refractivity contribution in [2.45, 2.75) is 39.3 Å². The summed E-state index contributed by atoms with van der Waals surface area (Å²) in [5.41, 5.74) is 1.36. The van der Waals surface area contributed by atoms with Crippen molar-refractivity contribution in [3.8, 4) is 0 Å². The molecule has 1 aromatic rings. The van der Waals surface area contributed by atoms with Gasteiger partial charge in [-0.2, -0.15) is 0 Å². The predicted octanol–water partition coefficient (Wildman–Crippen LogP) is 3.71. The van der Waals surface area contributed by atoms with Gasteiger partial charge in [-0.1, -0.05) is 6.92 Å². The van der Waals surface area contributed by atoms with Crippen LogP contribution in [0.5, 0.6) is 0 Å². The lowest BCUT2D eigenvalue weighted by Gasteiger charge is -2.34. The fourth-order valence-corrected chi connectivity index (χ4v) is 3.39. The van der Waals surface area contributed by atoms with Crippen molar-refractivity contribution in [3.63, 3.8) is 0 Å². The highest BCUT2D eigenvalue weighted by atomic mass is 79.9. The van der Waals surface area contributed by atoms with Crippen LogP contribution in [0.4, 0.5) is 0 Å². The Morgan fingerprint density at radius 3 is 2.79 bits per heavy atom. The van der Waals surface area contributed by atoms with Gasteiger partial charge in [0.05, 0.1) is 3.79 Å². The predicted molar refractivity (Wildman–Crippen MR) is 65.8 cm³/mol. The molecular formula is C11H16BrNS. The van der Waals surface area contributed by atoms with Gasteiger partial charge in [0, 0.05) is 17.5 Å². The van der Waals surface area contributed by atoms with Gasteiger partial charge in [0.25, 0.3) is 0 Å². The Kier molecular flexibility index (Phi) is 3.30. The zero-order chi connectivity index (χ0) is 10.1. The summed E-state index contributed by atoms with van der Waals surface area (Å²) in [4.78, 5) is 1.44. The van der Waals surface area contributed by atoms with Gasteiger partial charge in [-0.05, 0) is 53.2 Å². The largest absolute Gasteiger partial charge is 0.309 e. The minimum atomic E-state index is 0.760. The molecule has 0 aromatic carbocycles. The number of nitrogens with one attached hydrogen (secondary N) is 1. The highest BCUT2D eigenvalue weighted by Crippen LogP contribution is 2.29. The molecule has 3 heteroatoms. The molecule has 0 aliphatic heterocycles. The average molecular weight is 274 g/mol. The number of rotatable bonds is 3. The number of aryl methyl sites for hydroxylation is 1. The summed E-state index contributed by atoms with van der Waals surface area (Å²) < 4.78 is 1.27. The fourth-order valence-electron chi connectivity index (χ4n) is 1.81. The summed E-state index contributed by atoms with van der Waals surface area (Å²) in [6.07, 6.45) is 2.75. The van der Waals surface area contributed by atoms with Gasteiger partial charge >= 0.3 is 0 Å². The third-order valence-corrected chi connectivity index (χ3v) is 5.20. The molecule has 0 radical (unpaired) electrons. The third kappa shape index (κ3) is 2.20. The van der Waals surface area contributed by atoms with Crippen LogP contribution in [-0.2, 0) is 6.54 Å². The smallest absolute Gasteiger partial charge is 0.0730 e. The lowest BCUT2D eigenvalue weighted by atomic mass is 9.81. The first kappa shape index (κ1) is 10.7. The summed E-state index contributed by atoms with van der Waals surface area (Å²) in [5, 5.41) is 3.62. The molecule has 0 amide bonds. The Morgan fingerprint density at radius 1 is 1.57 bits per heavy atom. The highest BCUT2D eigenvalue weighted by Gasteiger charge is 2.25. The standard InChI is InChI=1S/C11H16BrNS/c1-7-3-4-10(7)13-6-9-5-8(2)11(12)14-9/h5,7,10,13H,3-4,6H2,1-2H3. The van der Waals surface area contributed by atoms with E-state index >= 15 is 0 Å². The molecule has 14 heavy (non-hydrogen) atoms. The third-order valence-electron chi connectivity index (χ3n) is 3.07. The van der Waals surface area contributed by atoms with Gasteiger partial charge in [-0.15, -0.1) is 11.3 Å². The maximum atomic E-state index is 3.62. The Labute approximate surface area is 98.0 Å². The first-order valence-electron chi connectivity index (χ1n) is 5.15. The van der Waals surface area contributed by atoms with Gasteiger partial charge in [0.1, 0.15) is 0 Å². The molecular weight excluding hydrogens is 258 g/mol. The molecule has 1 aromatic heterocycles. The summed E-state index contributed by atoms with van der Waals surface area (Å²) in [6, 6.07) is 3.03. The maximum absolute atomic E-state index is 3.62. The summed E-state index contributed by atoms with van der Waals surface area (Å²) in [5.74, 6) is 0.875. The molecule has 1 aliphatic rings. The molecule has 0 spiro atoms. The van der Waals surface area contributed by atoms with Crippen molar-refractivity contribution in [2.24, 2.45) is 5.92 Å². The van der Waals surface area contributed by atoms with E-state index in [2.05, 4.69) is 41.2 Å². The molecule has 2 atom stereocenters. The minimum Gasteiger partial charge on any atom is -0.309 e. The Balaban J connectivity index is 1.85. The summed E-state index contributed by atoms with van der Waals surface area (Å²) in [6.45, 7) is 5.51. The first-order valence-corrected chi connectivity index (χ1v) is 6.76. The molecule has 2 rings (SSSR count). The SMILES string of the molecule is Cc1cc(CNC2CCC2C)sc1Br. The topological polar surface area (TPSA) is 12.0 Å². The van der Waals surface area contributed by atoms with E-state index in [1.165, 1.54) is 27.1 Å². The van der Waals surface area contributed by atoms with Crippen molar-refractivity contribution in [2.75, 3.05) is 0 Å². The lowest BCUT2D eigenvalue weighted by Crippen LogP contribution is -2.41. The molecule has 1 aliphatic carbocycles. The molecule has 1 N–H and O–H groups in total. The van der Waals surface area contributed by atoms with E-state index in [9.17, 15) is 0 Å². The van der Waals surface area contributed by atoms with E-state index in [4.69, 9.17) is 0 Å². The normalized spacial score (nSPS) is 26.2. The first-order chi connectivity index (χ1) is 6.66. The van der Waals surface area contributed by atoms with Crippen molar-refractivity contribution in [3.05, 3.63) is 20.3 Å². The van der Waals surface area contributed by atoms with E-state index in [-0.39, 0.29) is 0 Å². The Bertz CT molecular complexity index is 302. The number of hydrogen-bond donors (Lipinski definition) is 1. The number of thiophene rings is 1. The molecule has 1 saturated carbocycles. The van der Waals surface area contributed by atoms with E-state index in [0.717, 1.165) is 18.5 Å². The molecule has 0 saturated heterocycles. The number of hydrogen-bond acceptors (Lipinski definition) is 2. The maximum Gasteiger partial charge on any atom is 0.0730 e. The van der Waals surface area contributed by atoms with Crippen LogP contribution >= 0.6 is 27.3 Å². The fraction of sp³-hybridized carbons (Fsp3) is 0.636. The van der Waals surface area contributed by atoms with Gasteiger partial charge in [-0.25, -0.2) is 0 Å². The number of halogens is 1. The second-order valence-electron chi connectivity index (χ2n) is 4.21. The van der Waals surface area contributed by atoms with Crippen LogP contribution in [0.15, 0.2) is 9.85 Å². The van der Waals surface area contributed by atoms with Crippen molar-refractivity contribution in [1.29, 1.82) is 0 Å². The summed E-state index contributed by atoms with van der Waals surface area (Å²) >= 11 is 5.40. The van der Waals surface area contributed by atoms with Crippen LogP contribution in [0.1, 0.15) is 30.2 Å². The van der Waals surface area contributed by atoms with Crippen LogP contribution in [0.25, 0.3) is 0 Å². The molecule has 78 valence electrons. The van der Waals surface area contributed by atoms with Crippen molar-refractivity contribution < 1.29 is 0 Å².